The Labute approximate surface area is 124 Å². The second-order valence-corrected chi connectivity index (χ2v) is 6.38. The molecule has 1 heterocycles. The maximum Gasteiger partial charge on any atom is 0.141 e. The molecule has 0 aliphatic heterocycles. The van der Waals surface area contributed by atoms with E-state index in [4.69, 9.17) is 10.7 Å². The summed E-state index contributed by atoms with van der Waals surface area (Å²) in [5.74, 6) is 2.98. The molecule has 0 saturated heterocycles. The SMILES string of the molecule is CCCC1CCC(c2nc(N)c(Br)c(CC)n2)CC1. The molecule has 0 atom stereocenters. The highest BCUT2D eigenvalue weighted by Crippen LogP contribution is 2.37. The molecule has 1 aromatic rings. The Bertz CT molecular complexity index is 426. The van der Waals surface area contributed by atoms with Crippen LogP contribution in [0.2, 0.25) is 0 Å². The van der Waals surface area contributed by atoms with Gasteiger partial charge < -0.3 is 5.73 Å². The van der Waals surface area contributed by atoms with Crippen molar-refractivity contribution in [2.75, 3.05) is 5.73 Å². The number of aryl methyl sites for hydroxylation is 1. The highest BCUT2D eigenvalue weighted by atomic mass is 79.9. The van der Waals surface area contributed by atoms with E-state index in [2.05, 4.69) is 34.8 Å². The second-order valence-electron chi connectivity index (χ2n) is 5.59. The van der Waals surface area contributed by atoms with Gasteiger partial charge in [-0.1, -0.05) is 26.7 Å². The van der Waals surface area contributed by atoms with Crippen molar-refractivity contribution in [3.63, 3.8) is 0 Å². The molecule has 1 aliphatic carbocycles. The number of rotatable bonds is 4. The zero-order chi connectivity index (χ0) is 13.8. The van der Waals surface area contributed by atoms with Gasteiger partial charge in [-0.25, -0.2) is 9.97 Å². The van der Waals surface area contributed by atoms with Crippen molar-refractivity contribution >= 4 is 21.7 Å². The quantitative estimate of drug-likeness (QED) is 0.889. The summed E-state index contributed by atoms with van der Waals surface area (Å²) in [6.45, 7) is 4.38. The van der Waals surface area contributed by atoms with E-state index in [1.807, 2.05) is 0 Å². The molecule has 0 spiro atoms. The van der Waals surface area contributed by atoms with E-state index in [0.29, 0.717) is 11.7 Å². The van der Waals surface area contributed by atoms with Crippen molar-refractivity contribution in [3.8, 4) is 0 Å². The highest BCUT2D eigenvalue weighted by molar-refractivity contribution is 9.10. The smallest absolute Gasteiger partial charge is 0.141 e. The van der Waals surface area contributed by atoms with Crippen LogP contribution in [-0.4, -0.2) is 9.97 Å². The summed E-state index contributed by atoms with van der Waals surface area (Å²) < 4.78 is 0.874. The van der Waals surface area contributed by atoms with Crippen molar-refractivity contribution in [3.05, 3.63) is 16.0 Å². The van der Waals surface area contributed by atoms with E-state index in [9.17, 15) is 0 Å². The van der Waals surface area contributed by atoms with Crippen LogP contribution in [0, 0.1) is 5.92 Å². The number of nitrogen functional groups attached to an aromatic ring is 1. The van der Waals surface area contributed by atoms with Gasteiger partial charge in [0.1, 0.15) is 11.6 Å². The summed E-state index contributed by atoms with van der Waals surface area (Å²) in [4.78, 5) is 9.20. The normalized spacial score (nSPS) is 23.5. The highest BCUT2D eigenvalue weighted by Gasteiger charge is 2.24. The Morgan fingerprint density at radius 2 is 1.84 bits per heavy atom. The Hall–Kier alpha value is -0.640. The first-order chi connectivity index (χ1) is 9.15. The summed E-state index contributed by atoms with van der Waals surface area (Å²) in [5.41, 5.74) is 7.02. The predicted molar refractivity (Wildman–Crippen MR) is 83.1 cm³/mol. The van der Waals surface area contributed by atoms with Gasteiger partial charge in [-0.2, -0.15) is 0 Å². The van der Waals surface area contributed by atoms with Gasteiger partial charge in [0.25, 0.3) is 0 Å². The number of anilines is 1. The molecule has 19 heavy (non-hydrogen) atoms. The number of aromatic nitrogens is 2. The molecule has 0 bridgehead atoms. The predicted octanol–water partition coefficient (Wildman–Crippen LogP) is 4.46. The molecule has 1 aromatic heterocycles. The van der Waals surface area contributed by atoms with Crippen LogP contribution in [0.1, 0.15) is 69.8 Å². The molecule has 0 unspecified atom stereocenters. The third-order valence-corrected chi connectivity index (χ3v) is 5.07. The molecule has 0 amide bonds. The average Bonchev–Trinajstić information content (AvgIpc) is 2.43. The maximum absolute atomic E-state index is 5.98. The van der Waals surface area contributed by atoms with E-state index in [-0.39, 0.29) is 0 Å². The van der Waals surface area contributed by atoms with Crippen molar-refractivity contribution in [2.45, 2.75) is 64.7 Å². The first kappa shape index (κ1) is 14.8. The molecular weight excluding hydrogens is 302 g/mol. The molecule has 3 nitrogen and oxygen atoms in total. The summed E-state index contributed by atoms with van der Waals surface area (Å²) >= 11 is 3.48. The molecular formula is C15H24BrN3. The minimum atomic E-state index is 0.508. The fourth-order valence-electron chi connectivity index (χ4n) is 3.07. The van der Waals surface area contributed by atoms with E-state index in [1.165, 1.54) is 38.5 Å². The number of nitrogens with two attached hydrogens (primary N) is 1. The van der Waals surface area contributed by atoms with Crippen LogP contribution in [0.4, 0.5) is 5.82 Å². The van der Waals surface area contributed by atoms with Gasteiger partial charge >= 0.3 is 0 Å². The molecule has 4 heteroatoms. The molecule has 1 saturated carbocycles. The van der Waals surface area contributed by atoms with E-state index < -0.39 is 0 Å². The van der Waals surface area contributed by atoms with Crippen LogP contribution >= 0.6 is 15.9 Å². The zero-order valence-electron chi connectivity index (χ0n) is 12.0. The third-order valence-electron chi connectivity index (χ3n) is 4.21. The topological polar surface area (TPSA) is 51.8 Å². The number of halogens is 1. The third kappa shape index (κ3) is 3.47. The van der Waals surface area contributed by atoms with Gasteiger partial charge in [0.05, 0.1) is 10.2 Å². The van der Waals surface area contributed by atoms with Gasteiger partial charge in [0.15, 0.2) is 0 Å². The van der Waals surface area contributed by atoms with Crippen molar-refractivity contribution in [1.29, 1.82) is 0 Å². The Balaban J connectivity index is 2.09. The average molecular weight is 326 g/mol. The summed E-state index contributed by atoms with van der Waals surface area (Å²) in [6.07, 6.45) is 8.64. The lowest BCUT2D eigenvalue weighted by Crippen LogP contribution is -2.17. The summed E-state index contributed by atoms with van der Waals surface area (Å²) in [6, 6.07) is 0. The van der Waals surface area contributed by atoms with Crippen LogP contribution in [0.25, 0.3) is 0 Å². The minimum Gasteiger partial charge on any atom is -0.383 e. The number of nitrogens with zero attached hydrogens (tertiary/aromatic N) is 2. The van der Waals surface area contributed by atoms with Gasteiger partial charge in [0, 0.05) is 5.92 Å². The van der Waals surface area contributed by atoms with Crippen LogP contribution in [0.5, 0.6) is 0 Å². The van der Waals surface area contributed by atoms with Crippen molar-refractivity contribution < 1.29 is 0 Å². The first-order valence-corrected chi connectivity index (χ1v) is 8.26. The van der Waals surface area contributed by atoms with Gasteiger partial charge in [-0.15, -0.1) is 0 Å². The Kier molecular flexibility index (Phi) is 5.20. The van der Waals surface area contributed by atoms with Crippen LogP contribution in [-0.2, 0) is 6.42 Å². The number of hydrogen-bond acceptors (Lipinski definition) is 3. The van der Waals surface area contributed by atoms with E-state index >= 15 is 0 Å². The summed E-state index contributed by atoms with van der Waals surface area (Å²) in [5, 5.41) is 0. The van der Waals surface area contributed by atoms with Crippen LogP contribution in [0.15, 0.2) is 4.47 Å². The monoisotopic (exact) mass is 325 g/mol. The molecule has 1 fully saturated rings. The first-order valence-electron chi connectivity index (χ1n) is 7.47. The zero-order valence-corrected chi connectivity index (χ0v) is 13.5. The van der Waals surface area contributed by atoms with Gasteiger partial charge in [-0.3, -0.25) is 0 Å². The molecule has 0 aromatic carbocycles. The fraction of sp³-hybridized carbons (Fsp3) is 0.733. The molecule has 106 valence electrons. The van der Waals surface area contributed by atoms with Crippen molar-refractivity contribution in [2.24, 2.45) is 5.92 Å². The fourth-order valence-corrected chi connectivity index (χ4v) is 3.52. The lowest BCUT2D eigenvalue weighted by molar-refractivity contribution is 0.302. The van der Waals surface area contributed by atoms with Gasteiger partial charge in [-0.05, 0) is 54.0 Å². The minimum absolute atomic E-state index is 0.508. The molecule has 1 aliphatic rings. The Morgan fingerprint density at radius 1 is 1.16 bits per heavy atom. The second kappa shape index (κ2) is 6.69. The standard InChI is InChI=1S/C15H24BrN3/c1-3-5-10-6-8-11(9-7-10)15-18-12(4-2)13(16)14(17)19-15/h10-11H,3-9H2,1-2H3,(H2,17,18,19). The largest absolute Gasteiger partial charge is 0.383 e. The van der Waals surface area contributed by atoms with E-state index in [1.54, 1.807) is 0 Å². The lowest BCUT2D eigenvalue weighted by atomic mass is 9.80. The number of hydrogen-bond donors (Lipinski definition) is 1. The summed E-state index contributed by atoms with van der Waals surface area (Å²) in [7, 11) is 0. The Morgan fingerprint density at radius 3 is 2.42 bits per heavy atom. The van der Waals surface area contributed by atoms with E-state index in [0.717, 1.165) is 28.3 Å². The maximum atomic E-state index is 5.98. The van der Waals surface area contributed by atoms with Gasteiger partial charge in [0.2, 0.25) is 0 Å². The molecule has 0 radical (unpaired) electrons. The molecule has 2 N–H and O–H groups in total. The van der Waals surface area contributed by atoms with Crippen LogP contribution < -0.4 is 5.73 Å². The lowest BCUT2D eigenvalue weighted by Gasteiger charge is -2.27. The molecule has 2 rings (SSSR count). The van der Waals surface area contributed by atoms with Crippen LogP contribution in [0.3, 0.4) is 0 Å². The van der Waals surface area contributed by atoms with Crippen molar-refractivity contribution in [1.82, 2.24) is 9.97 Å².